The van der Waals surface area contributed by atoms with Crippen molar-refractivity contribution in [2.45, 2.75) is 33.0 Å². The molecule has 0 atom stereocenters. The quantitative estimate of drug-likeness (QED) is 0.478. The zero-order chi connectivity index (χ0) is 18.9. The van der Waals surface area contributed by atoms with E-state index < -0.39 is 0 Å². The molecular formula is C24H30N2O. The highest BCUT2D eigenvalue weighted by molar-refractivity contribution is 5.25. The number of benzene rings is 2. The highest BCUT2D eigenvalue weighted by Crippen LogP contribution is 2.15. The number of methoxy groups -OCH3 is 1. The predicted molar refractivity (Wildman–Crippen MR) is 112 cm³/mol. The first-order valence-corrected chi connectivity index (χ1v) is 9.70. The number of rotatable bonds is 10. The molecule has 3 nitrogen and oxygen atoms in total. The van der Waals surface area contributed by atoms with Gasteiger partial charge in [0.1, 0.15) is 0 Å². The van der Waals surface area contributed by atoms with Gasteiger partial charge >= 0.3 is 0 Å². The van der Waals surface area contributed by atoms with E-state index in [1.54, 1.807) is 7.11 Å². The highest BCUT2D eigenvalue weighted by atomic mass is 16.5. The second kappa shape index (κ2) is 10.1. The van der Waals surface area contributed by atoms with Crippen LogP contribution in [0.5, 0.6) is 0 Å². The van der Waals surface area contributed by atoms with Crippen molar-refractivity contribution >= 4 is 0 Å². The van der Waals surface area contributed by atoms with Crippen LogP contribution in [-0.2, 0) is 24.4 Å². The molecule has 142 valence electrons. The summed E-state index contributed by atoms with van der Waals surface area (Å²) < 4.78 is 7.63. The van der Waals surface area contributed by atoms with E-state index in [1.807, 2.05) is 0 Å². The molecule has 27 heavy (non-hydrogen) atoms. The van der Waals surface area contributed by atoms with Gasteiger partial charge in [-0.1, -0.05) is 54.6 Å². The van der Waals surface area contributed by atoms with E-state index in [0.717, 1.165) is 39.2 Å². The largest absolute Gasteiger partial charge is 0.385 e. The summed E-state index contributed by atoms with van der Waals surface area (Å²) in [6.45, 7) is 6.85. The van der Waals surface area contributed by atoms with Crippen molar-refractivity contribution in [1.29, 1.82) is 0 Å². The molecular weight excluding hydrogens is 332 g/mol. The van der Waals surface area contributed by atoms with E-state index in [-0.39, 0.29) is 0 Å². The molecule has 0 fully saturated rings. The summed E-state index contributed by atoms with van der Waals surface area (Å²) >= 11 is 0. The number of nitrogens with zero attached hydrogens (tertiary/aromatic N) is 2. The molecule has 0 aliphatic heterocycles. The number of aryl methyl sites for hydroxylation is 1. The topological polar surface area (TPSA) is 17.4 Å². The van der Waals surface area contributed by atoms with Gasteiger partial charge in [0.2, 0.25) is 0 Å². The summed E-state index contributed by atoms with van der Waals surface area (Å²) in [4.78, 5) is 2.53. The Bertz CT molecular complexity index is 810. The zero-order valence-corrected chi connectivity index (χ0v) is 16.5. The van der Waals surface area contributed by atoms with Gasteiger partial charge in [-0.15, -0.1) is 0 Å². The third-order valence-corrected chi connectivity index (χ3v) is 4.98. The molecule has 0 aliphatic carbocycles. The third-order valence-electron chi connectivity index (χ3n) is 4.98. The molecule has 0 unspecified atom stereocenters. The minimum absolute atomic E-state index is 0.801. The molecule has 0 amide bonds. The van der Waals surface area contributed by atoms with E-state index in [1.165, 1.54) is 22.4 Å². The fourth-order valence-corrected chi connectivity index (χ4v) is 3.43. The summed E-state index contributed by atoms with van der Waals surface area (Å²) in [7, 11) is 1.77. The van der Waals surface area contributed by atoms with Gasteiger partial charge in [0, 0.05) is 51.8 Å². The molecule has 3 rings (SSSR count). The van der Waals surface area contributed by atoms with Crippen molar-refractivity contribution in [3.63, 3.8) is 0 Å². The van der Waals surface area contributed by atoms with Crippen LogP contribution in [0.2, 0.25) is 0 Å². The van der Waals surface area contributed by atoms with Crippen LogP contribution < -0.4 is 0 Å². The summed E-state index contributed by atoms with van der Waals surface area (Å²) in [6, 6.07) is 23.7. The Morgan fingerprint density at radius 2 is 1.67 bits per heavy atom. The van der Waals surface area contributed by atoms with Crippen LogP contribution in [0, 0.1) is 6.92 Å². The molecule has 0 saturated heterocycles. The van der Waals surface area contributed by atoms with Gasteiger partial charge < -0.3 is 9.30 Å². The van der Waals surface area contributed by atoms with E-state index >= 15 is 0 Å². The lowest BCUT2D eigenvalue weighted by molar-refractivity contribution is 0.165. The number of hydrogen-bond donors (Lipinski definition) is 0. The van der Waals surface area contributed by atoms with Crippen molar-refractivity contribution < 1.29 is 4.74 Å². The Labute approximate surface area is 163 Å². The molecule has 1 aromatic heterocycles. The SMILES string of the molecule is COCCCN(Cc1ccccc1C)Cc1cccn1Cc1ccccc1. The number of hydrogen-bond acceptors (Lipinski definition) is 2. The normalized spacial score (nSPS) is 11.2. The Morgan fingerprint density at radius 1 is 0.889 bits per heavy atom. The molecule has 0 bridgehead atoms. The van der Waals surface area contributed by atoms with Crippen LogP contribution in [0.4, 0.5) is 0 Å². The molecule has 0 aliphatic rings. The monoisotopic (exact) mass is 362 g/mol. The summed E-state index contributed by atoms with van der Waals surface area (Å²) in [5.74, 6) is 0. The van der Waals surface area contributed by atoms with Crippen molar-refractivity contribution in [3.8, 4) is 0 Å². The molecule has 0 saturated carbocycles. The van der Waals surface area contributed by atoms with Gasteiger partial charge in [0.05, 0.1) is 0 Å². The first-order chi connectivity index (χ1) is 13.3. The third kappa shape index (κ3) is 5.81. The van der Waals surface area contributed by atoms with Crippen LogP contribution in [-0.4, -0.2) is 29.7 Å². The number of aromatic nitrogens is 1. The minimum atomic E-state index is 0.801. The maximum absolute atomic E-state index is 5.27. The Balaban J connectivity index is 1.72. The minimum Gasteiger partial charge on any atom is -0.385 e. The maximum atomic E-state index is 5.27. The first-order valence-electron chi connectivity index (χ1n) is 9.70. The fraction of sp³-hybridized carbons (Fsp3) is 0.333. The predicted octanol–water partition coefficient (Wildman–Crippen LogP) is 4.88. The van der Waals surface area contributed by atoms with Gasteiger partial charge in [0.25, 0.3) is 0 Å². The van der Waals surface area contributed by atoms with Crippen LogP contribution in [0.25, 0.3) is 0 Å². The van der Waals surface area contributed by atoms with Gasteiger partial charge in [-0.05, 0) is 42.2 Å². The van der Waals surface area contributed by atoms with Crippen molar-refractivity contribution in [2.24, 2.45) is 0 Å². The smallest absolute Gasteiger partial charge is 0.0474 e. The molecule has 0 spiro atoms. The number of ether oxygens (including phenoxy) is 1. The van der Waals surface area contributed by atoms with Gasteiger partial charge in [-0.25, -0.2) is 0 Å². The molecule has 1 heterocycles. The van der Waals surface area contributed by atoms with E-state index in [0.29, 0.717) is 0 Å². The lowest BCUT2D eigenvalue weighted by Gasteiger charge is -2.24. The van der Waals surface area contributed by atoms with Gasteiger partial charge in [-0.2, -0.15) is 0 Å². The average Bonchev–Trinajstić information content (AvgIpc) is 3.11. The van der Waals surface area contributed by atoms with Crippen LogP contribution in [0.3, 0.4) is 0 Å². The molecule has 2 aromatic carbocycles. The van der Waals surface area contributed by atoms with E-state index in [9.17, 15) is 0 Å². The lowest BCUT2D eigenvalue weighted by atomic mass is 10.1. The first kappa shape index (κ1) is 19.4. The molecule has 3 heteroatoms. The van der Waals surface area contributed by atoms with Crippen molar-refractivity contribution in [3.05, 3.63) is 95.3 Å². The van der Waals surface area contributed by atoms with Crippen LogP contribution >= 0.6 is 0 Å². The fourth-order valence-electron chi connectivity index (χ4n) is 3.43. The van der Waals surface area contributed by atoms with Gasteiger partial charge in [-0.3, -0.25) is 4.90 Å². The lowest BCUT2D eigenvalue weighted by Crippen LogP contribution is -2.26. The summed E-state index contributed by atoms with van der Waals surface area (Å²) in [6.07, 6.45) is 3.23. The standard InChI is InChI=1S/C24H30N2O/c1-21-10-6-7-13-23(21)19-25(15-9-17-27-2)20-24-14-8-16-26(24)18-22-11-4-3-5-12-22/h3-8,10-14,16H,9,15,17-20H2,1-2H3. The highest BCUT2D eigenvalue weighted by Gasteiger charge is 2.11. The molecule has 3 aromatic rings. The Morgan fingerprint density at radius 3 is 2.44 bits per heavy atom. The average molecular weight is 363 g/mol. The molecule has 0 radical (unpaired) electrons. The van der Waals surface area contributed by atoms with Crippen LogP contribution in [0.1, 0.15) is 28.8 Å². The van der Waals surface area contributed by atoms with Crippen molar-refractivity contribution in [1.82, 2.24) is 9.47 Å². The molecule has 0 N–H and O–H groups in total. The Kier molecular flexibility index (Phi) is 7.26. The van der Waals surface area contributed by atoms with Crippen molar-refractivity contribution in [2.75, 3.05) is 20.3 Å². The zero-order valence-electron chi connectivity index (χ0n) is 16.5. The summed E-state index contributed by atoms with van der Waals surface area (Å²) in [5, 5.41) is 0. The van der Waals surface area contributed by atoms with Crippen LogP contribution in [0.15, 0.2) is 72.9 Å². The summed E-state index contributed by atoms with van der Waals surface area (Å²) in [5.41, 5.74) is 5.44. The second-order valence-corrected chi connectivity index (χ2v) is 7.10. The maximum Gasteiger partial charge on any atom is 0.0474 e. The Hall–Kier alpha value is -2.36. The second-order valence-electron chi connectivity index (χ2n) is 7.10. The van der Waals surface area contributed by atoms with E-state index in [4.69, 9.17) is 4.74 Å². The van der Waals surface area contributed by atoms with E-state index in [2.05, 4.69) is 89.3 Å². The van der Waals surface area contributed by atoms with Gasteiger partial charge in [0.15, 0.2) is 0 Å².